The number of amides is 1. The van der Waals surface area contributed by atoms with Crippen LogP contribution in [0.15, 0.2) is 23.2 Å². The number of aliphatic imine (C=N–C) groups is 1. The van der Waals surface area contributed by atoms with Crippen LogP contribution in [0.25, 0.3) is 0 Å². The molecular weight excluding hydrogens is 354 g/mol. The molecule has 0 saturated heterocycles. The molecule has 0 fully saturated rings. The molecule has 1 aromatic rings. The average Bonchev–Trinajstić information content (AvgIpc) is 2.61. The van der Waals surface area contributed by atoms with Crippen molar-refractivity contribution in [3.05, 3.63) is 29.3 Å². The number of aryl methyl sites for hydroxylation is 1. The molecule has 0 bridgehead atoms. The molecular formula is C21H35N5O2. The van der Waals surface area contributed by atoms with Crippen LogP contribution in [0, 0.1) is 0 Å². The van der Waals surface area contributed by atoms with Gasteiger partial charge in [0.05, 0.1) is 6.54 Å². The second kappa shape index (κ2) is 10.2. The number of nitrogens with zero attached hydrogens (tertiary/aromatic N) is 2. The number of alkyl carbamates (subject to hydrolysis) is 1. The molecule has 0 spiro atoms. The summed E-state index contributed by atoms with van der Waals surface area (Å²) in [6.07, 6.45) is 1.92. The highest BCUT2D eigenvalue weighted by Gasteiger charge is 2.15. The Labute approximate surface area is 168 Å². The number of benzene rings is 1. The van der Waals surface area contributed by atoms with Crippen LogP contribution in [0.5, 0.6) is 0 Å². The van der Waals surface area contributed by atoms with E-state index in [1.165, 1.54) is 23.2 Å². The van der Waals surface area contributed by atoms with E-state index in [1.54, 1.807) is 0 Å². The van der Waals surface area contributed by atoms with E-state index in [0.29, 0.717) is 19.6 Å². The van der Waals surface area contributed by atoms with Crippen molar-refractivity contribution in [3.8, 4) is 0 Å². The molecule has 1 aliphatic heterocycles. The Morgan fingerprint density at radius 2 is 1.96 bits per heavy atom. The first-order chi connectivity index (χ1) is 13.3. The topological polar surface area (TPSA) is 78.0 Å². The highest BCUT2D eigenvalue weighted by Crippen LogP contribution is 2.26. The van der Waals surface area contributed by atoms with Crippen molar-refractivity contribution in [2.45, 2.75) is 52.7 Å². The number of fused-ring (bicyclic) bond motifs is 1. The molecule has 0 saturated carbocycles. The van der Waals surface area contributed by atoms with E-state index in [4.69, 9.17) is 4.74 Å². The summed E-state index contributed by atoms with van der Waals surface area (Å²) in [6.45, 7) is 11.1. The minimum Gasteiger partial charge on any atom is -0.444 e. The summed E-state index contributed by atoms with van der Waals surface area (Å²) in [7, 11) is 2.15. The Kier molecular flexibility index (Phi) is 7.96. The number of hydrogen-bond donors (Lipinski definition) is 3. The van der Waals surface area contributed by atoms with Crippen molar-refractivity contribution in [3.63, 3.8) is 0 Å². The van der Waals surface area contributed by atoms with E-state index in [0.717, 1.165) is 25.5 Å². The van der Waals surface area contributed by atoms with Crippen LogP contribution in [-0.2, 0) is 17.7 Å². The van der Waals surface area contributed by atoms with Gasteiger partial charge in [-0.2, -0.15) is 0 Å². The van der Waals surface area contributed by atoms with E-state index < -0.39 is 11.7 Å². The second-order valence-corrected chi connectivity index (χ2v) is 8.04. The summed E-state index contributed by atoms with van der Waals surface area (Å²) in [5, 5.41) is 9.21. The Morgan fingerprint density at radius 1 is 1.21 bits per heavy atom. The Balaban J connectivity index is 1.84. The van der Waals surface area contributed by atoms with Crippen molar-refractivity contribution in [2.75, 3.05) is 38.1 Å². The van der Waals surface area contributed by atoms with Gasteiger partial charge < -0.3 is 25.6 Å². The lowest BCUT2D eigenvalue weighted by Crippen LogP contribution is -2.42. The zero-order valence-corrected chi connectivity index (χ0v) is 17.9. The fourth-order valence-electron chi connectivity index (χ4n) is 3.11. The monoisotopic (exact) mass is 389 g/mol. The zero-order valence-electron chi connectivity index (χ0n) is 17.9. The van der Waals surface area contributed by atoms with Gasteiger partial charge in [-0.25, -0.2) is 9.79 Å². The predicted octanol–water partition coefficient (Wildman–Crippen LogP) is 2.65. The molecule has 1 aromatic carbocycles. The van der Waals surface area contributed by atoms with Crippen LogP contribution >= 0.6 is 0 Å². The lowest BCUT2D eigenvalue weighted by Gasteiger charge is -2.27. The van der Waals surface area contributed by atoms with Crippen molar-refractivity contribution in [1.29, 1.82) is 0 Å². The maximum absolute atomic E-state index is 11.7. The van der Waals surface area contributed by atoms with Gasteiger partial charge >= 0.3 is 6.09 Å². The molecule has 0 aromatic heterocycles. The number of carbonyl (C=O) groups excluding carboxylic acids is 1. The highest BCUT2D eigenvalue weighted by molar-refractivity contribution is 5.79. The van der Waals surface area contributed by atoms with Crippen LogP contribution in [0.1, 0.15) is 45.2 Å². The standard InChI is InChI=1S/C21H35N5O2/c1-6-22-19(23-11-12-24-20(27)28-21(2,3)4)25-15-16-9-10-18-17(14-16)8-7-13-26(18)5/h9-10,14H,6-8,11-13,15H2,1-5H3,(H,24,27)(H2,22,23,25). The third kappa shape index (κ3) is 7.29. The summed E-state index contributed by atoms with van der Waals surface area (Å²) < 4.78 is 5.22. The maximum atomic E-state index is 11.7. The van der Waals surface area contributed by atoms with Gasteiger partial charge in [0.2, 0.25) is 0 Å². The van der Waals surface area contributed by atoms with Gasteiger partial charge in [0.15, 0.2) is 5.96 Å². The quantitative estimate of drug-likeness (QED) is 0.396. The molecule has 0 aliphatic carbocycles. The van der Waals surface area contributed by atoms with Crippen LogP contribution in [0.4, 0.5) is 10.5 Å². The molecule has 3 N–H and O–H groups in total. The predicted molar refractivity (Wildman–Crippen MR) is 115 cm³/mol. The fraction of sp³-hybridized carbons (Fsp3) is 0.619. The number of rotatable bonds is 6. The maximum Gasteiger partial charge on any atom is 0.407 e. The molecule has 0 atom stereocenters. The van der Waals surface area contributed by atoms with Gasteiger partial charge in [0, 0.05) is 38.9 Å². The van der Waals surface area contributed by atoms with Crippen molar-refractivity contribution < 1.29 is 9.53 Å². The lowest BCUT2D eigenvalue weighted by molar-refractivity contribution is 0.0529. The molecule has 2 rings (SSSR count). The smallest absolute Gasteiger partial charge is 0.407 e. The largest absolute Gasteiger partial charge is 0.444 e. The van der Waals surface area contributed by atoms with Gasteiger partial charge in [0.25, 0.3) is 0 Å². The molecule has 1 amide bonds. The first-order valence-corrected chi connectivity index (χ1v) is 10.1. The van der Waals surface area contributed by atoms with E-state index in [2.05, 4.69) is 51.1 Å². The molecule has 7 nitrogen and oxygen atoms in total. The number of hydrogen-bond acceptors (Lipinski definition) is 4. The van der Waals surface area contributed by atoms with Crippen LogP contribution in [0.3, 0.4) is 0 Å². The second-order valence-electron chi connectivity index (χ2n) is 8.04. The minimum atomic E-state index is -0.489. The van der Waals surface area contributed by atoms with Gasteiger partial charge in [0.1, 0.15) is 5.60 Å². The highest BCUT2D eigenvalue weighted by atomic mass is 16.6. The SMILES string of the molecule is CCNC(=NCc1ccc2c(c1)CCCN2C)NCCNC(=O)OC(C)(C)C. The lowest BCUT2D eigenvalue weighted by atomic mass is 10.00. The normalized spacial score (nSPS) is 14.3. The zero-order chi connectivity index (χ0) is 20.6. The van der Waals surface area contributed by atoms with Crippen molar-refractivity contribution in [1.82, 2.24) is 16.0 Å². The van der Waals surface area contributed by atoms with E-state index in [-0.39, 0.29) is 0 Å². The molecule has 28 heavy (non-hydrogen) atoms. The molecule has 0 radical (unpaired) electrons. The van der Waals surface area contributed by atoms with Gasteiger partial charge in [-0.3, -0.25) is 0 Å². The summed E-state index contributed by atoms with van der Waals surface area (Å²) in [4.78, 5) is 18.6. The number of nitrogens with one attached hydrogen (secondary N) is 3. The Hall–Kier alpha value is -2.44. The molecule has 0 unspecified atom stereocenters. The third-order valence-corrected chi connectivity index (χ3v) is 4.34. The fourth-order valence-corrected chi connectivity index (χ4v) is 3.11. The van der Waals surface area contributed by atoms with Crippen LogP contribution in [0.2, 0.25) is 0 Å². The first kappa shape index (κ1) is 21.9. The van der Waals surface area contributed by atoms with E-state index in [9.17, 15) is 4.79 Å². The molecule has 1 heterocycles. The minimum absolute atomic E-state index is 0.407. The van der Waals surface area contributed by atoms with Gasteiger partial charge in [-0.1, -0.05) is 12.1 Å². The van der Waals surface area contributed by atoms with Crippen LogP contribution < -0.4 is 20.9 Å². The summed E-state index contributed by atoms with van der Waals surface area (Å²) in [5.41, 5.74) is 3.45. The van der Waals surface area contributed by atoms with Crippen molar-refractivity contribution in [2.24, 2.45) is 4.99 Å². The summed E-state index contributed by atoms with van der Waals surface area (Å²) in [5.74, 6) is 0.739. The van der Waals surface area contributed by atoms with Crippen LogP contribution in [-0.4, -0.2) is 50.9 Å². The number of guanidine groups is 1. The average molecular weight is 390 g/mol. The number of carbonyl (C=O) groups is 1. The third-order valence-electron chi connectivity index (χ3n) is 4.34. The van der Waals surface area contributed by atoms with E-state index >= 15 is 0 Å². The number of ether oxygens (including phenoxy) is 1. The summed E-state index contributed by atoms with van der Waals surface area (Å²) >= 11 is 0. The van der Waals surface area contributed by atoms with Gasteiger partial charge in [-0.15, -0.1) is 0 Å². The number of anilines is 1. The molecule has 1 aliphatic rings. The molecule has 156 valence electrons. The summed E-state index contributed by atoms with van der Waals surface area (Å²) in [6, 6.07) is 6.62. The van der Waals surface area contributed by atoms with E-state index in [1.807, 2.05) is 27.7 Å². The Morgan fingerprint density at radius 3 is 2.68 bits per heavy atom. The Bertz CT molecular complexity index is 682. The van der Waals surface area contributed by atoms with Crippen molar-refractivity contribution >= 4 is 17.7 Å². The van der Waals surface area contributed by atoms with Gasteiger partial charge in [-0.05, 0) is 57.7 Å². The molecule has 7 heteroatoms. The first-order valence-electron chi connectivity index (χ1n) is 10.1.